The fourth-order valence-electron chi connectivity index (χ4n) is 0.198. The Morgan fingerprint density at radius 2 is 2.29 bits per heavy atom. The van der Waals surface area contributed by atoms with Gasteiger partial charge in [-0.25, -0.2) is 0 Å². The van der Waals surface area contributed by atoms with Crippen molar-refractivity contribution in [2.24, 2.45) is 0 Å². The molecule has 0 aromatic carbocycles. The van der Waals surface area contributed by atoms with Gasteiger partial charge in [-0.1, -0.05) is 11.3 Å². The summed E-state index contributed by atoms with van der Waals surface area (Å²) in [6.07, 6.45) is 0. The maximum atomic E-state index is 4.73. The Hall–Kier alpha value is 0.397. The molecule has 3 heteroatoms. The molecule has 0 saturated heterocycles. The molecule has 0 aliphatic heterocycles. The number of hydrogen-bond donors (Lipinski definition) is 0. The smallest absolute Gasteiger partial charge is 0.203 e. The second kappa shape index (κ2) is 4.55. The lowest BCUT2D eigenvalue weighted by Gasteiger charge is -1.84. The van der Waals surface area contributed by atoms with Crippen LogP contribution in [0.15, 0.2) is 11.3 Å². The Morgan fingerprint density at radius 3 is 2.43 bits per heavy atom. The van der Waals surface area contributed by atoms with Gasteiger partial charge < -0.3 is 3.52 Å². The summed E-state index contributed by atoms with van der Waals surface area (Å²) in [4.78, 5) is 0. The van der Waals surface area contributed by atoms with Crippen molar-refractivity contribution in [1.82, 2.24) is 0 Å². The summed E-state index contributed by atoms with van der Waals surface area (Å²) < 4.78 is 4.73. The van der Waals surface area contributed by atoms with Gasteiger partial charge in [-0.3, -0.25) is 0 Å². The molecule has 0 fully saturated rings. The van der Waals surface area contributed by atoms with E-state index >= 15 is 0 Å². The molecule has 7 heavy (non-hydrogen) atoms. The van der Waals surface area contributed by atoms with Crippen LogP contribution in [0.2, 0.25) is 0 Å². The van der Waals surface area contributed by atoms with Crippen molar-refractivity contribution in [3.63, 3.8) is 0 Å². The molecule has 0 N–H and O–H groups in total. The first-order valence-electron chi connectivity index (χ1n) is 2.14. The van der Waals surface area contributed by atoms with Crippen LogP contribution in [0.5, 0.6) is 0 Å². The first-order valence-corrected chi connectivity index (χ1v) is 4.18. The molecule has 0 aliphatic carbocycles. The van der Waals surface area contributed by atoms with E-state index in [0.717, 1.165) is 0 Å². The van der Waals surface area contributed by atoms with Gasteiger partial charge >= 0.3 is 0 Å². The second-order valence-electron chi connectivity index (χ2n) is 1.56. The summed E-state index contributed by atoms with van der Waals surface area (Å²) in [5.41, 5.74) is 3.47. The Balaban J connectivity index is 3.08. The summed E-state index contributed by atoms with van der Waals surface area (Å²) >= 11 is 2.89. The van der Waals surface area contributed by atoms with Crippen LogP contribution in [-0.2, 0) is 3.52 Å². The Morgan fingerprint density at radius 1 is 1.71 bits per heavy atom. The van der Waals surface area contributed by atoms with E-state index < -0.39 is 0 Å². The predicted octanol–water partition coefficient (Wildman–Crippen LogP) is 1.32. The molecule has 0 aromatic heterocycles. The second-order valence-corrected chi connectivity index (χ2v) is 3.89. The third-order valence-corrected chi connectivity index (χ3v) is 2.46. The summed E-state index contributed by atoms with van der Waals surface area (Å²) in [7, 11) is -0.371. The van der Waals surface area contributed by atoms with Crippen molar-refractivity contribution in [1.29, 1.82) is 0 Å². The maximum absolute atomic E-state index is 4.73. The van der Waals surface area contributed by atoms with Gasteiger partial charge in [-0.05, 0) is 13.8 Å². The van der Waals surface area contributed by atoms with Crippen molar-refractivity contribution < 1.29 is 3.52 Å². The van der Waals surface area contributed by atoms with Gasteiger partial charge in [0.2, 0.25) is 9.76 Å². The molecule has 0 saturated carbocycles. The van der Waals surface area contributed by atoms with Gasteiger partial charge in [-0.15, -0.1) is 0 Å². The number of hydrogen-bond acceptors (Lipinski definition) is 1. The fourth-order valence-corrected chi connectivity index (χ4v) is 0.991. The standard InChI is InChI=1S/C4H9BrOSi/c1-4(2)3-7-6-5/h3H,7H2,1-2H3. The molecule has 0 radical (unpaired) electrons. The molecule has 1 nitrogen and oxygen atoms in total. The van der Waals surface area contributed by atoms with Crippen molar-refractivity contribution in [3.8, 4) is 0 Å². The van der Waals surface area contributed by atoms with Crippen molar-refractivity contribution in [2.45, 2.75) is 13.8 Å². The van der Waals surface area contributed by atoms with Crippen molar-refractivity contribution in [2.75, 3.05) is 0 Å². The third kappa shape index (κ3) is 6.40. The highest BCUT2D eigenvalue weighted by atomic mass is 79.9. The molecule has 0 rings (SSSR count). The number of allylic oxidation sites excluding steroid dienone is 1. The molecule has 0 unspecified atom stereocenters. The van der Waals surface area contributed by atoms with Gasteiger partial charge in [0.25, 0.3) is 0 Å². The molecule has 0 atom stereocenters. The first kappa shape index (κ1) is 7.40. The van der Waals surface area contributed by atoms with Crippen LogP contribution < -0.4 is 0 Å². The molecule has 0 spiro atoms. The SMILES string of the molecule is CC(C)=C[SiH2]OBr. The van der Waals surface area contributed by atoms with Crippen LogP contribution in [0.3, 0.4) is 0 Å². The molecule has 0 aliphatic rings. The molecular weight excluding hydrogens is 172 g/mol. The van der Waals surface area contributed by atoms with E-state index in [1.165, 1.54) is 5.57 Å². The van der Waals surface area contributed by atoms with E-state index in [1.54, 1.807) is 0 Å². The summed E-state index contributed by atoms with van der Waals surface area (Å²) in [6.45, 7) is 4.14. The lowest BCUT2D eigenvalue weighted by Crippen LogP contribution is -1.81. The number of halogens is 1. The quantitative estimate of drug-likeness (QED) is 0.584. The van der Waals surface area contributed by atoms with Gasteiger partial charge in [0.1, 0.15) is 0 Å². The first-order chi connectivity index (χ1) is 3.27. The Bertz CT molecular complexity index is 68.1. The van der Waals surface area contributed by atoms with E-state index in [1.807, 2.05) is 0 Å². The zero-order valence-electron chi connectivity index (χ0n) is 4.57. The largest absolute Gasteiger partial charge is 0.354 e. The molecule has 0 amide bonds. The van der Waals surface area contributed by atoms with E-state index in [4.69, 9.17) is 3.52 Å². The molecular formula is C4H9BrOSi. The van der Waals surface area contributed by atoms with E-state index in [0.29, 0.717) is 0 Å². The summed E-state index contributed by atoms with van der Waals surface area (Å²) in [5, 5.41) is 0. The highest BCUT2D eigenvalue weighted by Gasteiger charge is 1.75. The summed E-state index contributed by atoms with van der Waals surface area (Å²) in [6, 6.07) is 0. The van der Waals surface area contributed by atoms with Crippen LogP contribution in [0, 0.1) is 0 Å². The lowest BCUT2D eigenvalue weighted by atomic mass is 10.4. The zero-order valence-corrected chi connectivity index (χ0v) is 7.57. The Labute approximate surface area is 55.1 Å². The van der Waals surface area contributed by atoms with Gasteiger partial charge in [-0.2, -0.15) is 0 Å². The van der Waals surface area contributed by atoms with Crippen LogP contribution in [0.1, 0.15) is 13.8 Å². The molecule has 0 aromatic rings. The highest BCUT2D eigenvalue weighted by Crippen LogP contribution is 1.88. The zero-order chi connectivity index (χ0) is 5.70. The van der Waals surface area contributed by atoms with Gasteiger partial charge in [0.15, 0.2) is 0 Å². The van der Waals surface area contributed by atoms with E-state index in [2.05, 4.69) is 35.8 Å². The van der Waals surface area contributed by atoms with Gasteiger partial charge in [0.05, 0.1) is 16.3 Å². The highest BCUT2D eigenvalue weighted by molar-refractivity contribution is 9.06. The van der Waals surface area contributed by atoms with E-state index in [9.17, 15) is 0 Å². The van der Waals surface area contributed by atoms with E-state index in [-0.39, 0.29) is 9.76 Å². The maximum Gasteiger partial charge on any atom is 0.203 e. The number of rotatable bonds is 2. The lowest BCUT2D eigenvalue weighted by molar-refractivity contribution is 0.746. The summed E-state index contributed by atoms with van der Waals surface area (Å²) in [5.74, 6) is 0. The molecule has 42 valence electrons. The topological polar surface area (TPSA) is 9.23 Å². The Kier molecular flexibility index (Phi) is 4.81. The minimum Gasteiger partial charge on any atom is -0.354 e. The van der Waals surface area contributed by atoms with Crippen LogP contribution in [-0.4, -0.2) is 9.76 Å². The minimum atomic E-state index is -0.371. The van der Waals surface area contributed by atoms with Crippen LogP contribution in [0.4, 0.5) is 0 Å². The third-order valence-electron chi connectivity index (χ3n) is 0.555. The molecule has 0 bridgehead atoms. The average Bonchev–Trinajstić information content (AvgIpc) is 1.61. The average molecular weight is 181 g/mol. The van der Waals surface area contributed by atoms with Gasteiger partial charge in [0, 0.05) is 0 Å². The van der Waals surface area contributed by atoms with Crippen molar-refractivity contribution >= 4 is 26.0 Å². The fraction of sp³-hybridized carbons (Fsp3) is 0.500. The van der Waals surface area contributed by atoms with Crippen LogP contribution >= 0.6 is 16.3 Å². The van der Waals surface area contributed by atoms with Crippen LogP contribution in [0.25, 0.3) is 0 Å². The monoisotopic (exact) mass is 180 g/mol. The minimum absolute atomic E-state index is 0.371. The normalized spacial score (nSPS) is 10.1. The van der Waals surface area contributed by atoms with Crippen molar-refractivity contribution in [3.05, 3.63) is 11.3 Å². The molecule has 0 heterocycles. The predicted molar refractivity (Wildman–Crippen MR) is 38.0 cm³/mol.